The highest BCUT2D eigenvalue weighted by atomic mass is 16.2. The third-order valence-corrected chi connectivity index (χ3v) is 3.94. The van der Waals surface area contributed by atoms with Crippen molar-refractivity contribution in [3.8, 4) is 0 Å². The van der Waals surface area contributed by atoms with Crippen molar-refractivity contribution in [1.29, 1.82) is 0 Å². The van der Waals surface area contributed by atoms with Gasteiger partial charge < -0.3 is 14.8 Å². The third-order valence-electron chi connectivity index (χ3n) is 3.94. The molecule has 1 heterocycles. The quantitative estimate of drug-likeness (QED) is 0.846. The monoisotopic (exact) mass is 328 g/mol. The Morgan fingerprint density at radius 3 is 2.75 bits per heavy atom. The van der Waals surface area contributed by atoms with Crippen LogP contribution in [-0.2, 0) is 13.1 Å². The summed E-state index contributed by atoms with van der Waals surface area (Å²) in [6, 6.07) is 8.32. The number of nitrogens with one attached hydrogen (secondary N) is 1. The summed E-state index contributed by atoms with van der Waals surface area (Å²) in [4.78, 5) is 18.6. The molecule has 1 N–H and O–H groups in total. The summed E-state index contributed by atoms with van der Waals surface area (Å²) in [6.45, 7) is 10.9. The Morgan fingerprint density at radius 1 is 1.33 bits per heavy atom. The minimum Gasteiger partial charge on any atom is -0.338 e. The number of aryl methyl sites for hydroxylation is 1. The normalized spacial score (nSPS) is 10.9. The largest absolute Gasteiger partial charge is 0.338 e. The summed E-state index contributed by atoms with van der Waals surface area (Å²) in [5.74, 6) is 1.32. The average Bonchev–Trinajstić information content (AvgIpc) is 2.96. The Hall–Kier alpha value is -2.30. The van der Waals surface area contributed by atoms with Gasteiger partial charge in [0, 0.05) is 32.0 Å². The molecule has 2 aromatic rings. The minimum absolute atomic E-state index is 0.0309. The van der Waals surface area contributed by atoms with E-state index >= 15 is 0 Å². The van der Waals surface area contributed by atoms with E-state index < -0.39 is 0 Å². The number of hydrogen-bond acceptors (Lipinski definition) is 2. The number of carbonyl (C=O) groups excluding carboxylic acids is 1. The van der Waals surface area contributed by atoms with Crippen LogP contribution < -0.4 is 5.32 Å². The molecule has 0 bridgehead atoms. The Balaban J connectivity index is 2.15. The molecule has 5 heteroatoms. The van der Waals surface area contributed by atoms with Crippen LogP contribution in [-0.4, -0.2) is 33.6 Å². The molecule has 5 nitrogen and oxygen atoms in total. The van der Waals surface area contributed by atoms with E-state index in [-0.39, 0.29) is 6.03 Å². The second-order valence-electron chi connectivity index (χ2n) is 6.51. The molecule has 0 aliphatic carbocycles. The lowest BCUT2D eigenvalue weighted by Crippen LogP contribution is -2.41. The van der Waals surface area contributed by atoms with E-state index in [2.05, 4.69) is 53.8 Å². The zero-order valence-corrected chi connectivity index (χ0v) is 15.1. The average molecular weight is 328 g/mol. The number of urea groups is 1. The molecule has 0 fully saturated rings. The first-order valence-electron chi connectivity index (χ1n) is 8.58. The van der Waals surface area contributed by atoms with Gasteiger partial charge in [-0.25, -0.2) is 9.78 Å². The molecule has 0 saturated carbocycles. The van der Waals surface area contributed by atoms with Crippen molar-refractivity contribution >= 4 is 6.03 Å². The van der Waals surface area contributed by atoms with E-state index in [1.54, 1.807) is 6.20 Å². The number of nitrogens with zero attached hydrogens (tertiary/aromatic N) is 3. The zero-order valence-electron chi connectivity index (χ0n) is 15.1. The van der Waals surface area contributed by atoms with Crippen LogP contribution in [0.5, 0.6) is 0 Å². The van der Waals surface area contributed by atoms with Gasteiger partial charge in [-0.15, -0.1) is 0 Å². The van der Waals surface area contributed by atoms with Crippen molar-refractivity contribution in [2.24, 2.45) is 5.92 Å². The predicted octanol–water partition coefficient (Wildman–Crippen LogP) is 3.43. The number of benzene rings is 1. The summed E-state index contributed by atoms with van der Waals surface area (Å²) in [7, 11) is 0. The molecule has 0 unspecified atom stereocenters. The van der Waals surface area contributed by atoms with Crippen LogP contribution in [0.3, 0.4) is 0 Å². The van der Waals surface area contributed by atoms with Gasteiger partial charge in [-0.2, -0.15) is 0 Å². The molecular formula is C19H28N4O. The Labute approximate surface area is 144 Å². The van der Waals surface area contributed by atoms with Crippen molar-refractivity contribution in [3.05, 3.63) is 53.6 Å². The van der Waals surface area contributed by atoms with E-state index in [4.69, 9.17) is 0 Å². The van der Waals surface area contributed by atoms with Crippen LogP contribution >= 0.6 is 0 Å². The number of carbonyl (C=O) groups is 1. The maximum Gasteiger partial charge on any atom is 0.317 e. The van der Waals surface area contributed by atoms with Crippen LogP contribution in [0.1, 0.15) is 37.7 Å². The predicted molar refractivity (Wildman–Crippen MR) is 96.8 cm³/mol. The topological polar surface area (TPSA) is 50.2 Å². The van der Waals surface area contributed by atoms with Gasteiger partial charge in [0.1, 0.15) is 5.82 Å². The Kier molecular flexibility index (Phi) is 6.41. The van der Waals surface area contributed by atoms with Gasteiger partial charge in [0.2, 0.25) is 0 Å². The molecule has 0 atom stereocenters. The Bertz CT molecular complexity index is 663. The number of rotatable bonds is 7. The number of amides is 2. The van der Waals surface area contributed by atoms with E-state index in [1.165, 1.54) is 11.1 Å². The van der Waals surface area contributed by atoms with E-state index in [0.717, 1.165) is 12.4 Å². The van der Waals surface area contributed by atoms with Gasteiger partial charge in [-0.1, -0.05) is 38.1 Å². The van der Waals surface area contributed by atoms with Crippen molar-refractivity contribution in [2.75, 3.05) is 13.1 Å². The first-order chi connectivity index (χ1) is 11.5. The highest BCUT2D eigenvalue weighted by Crippen LogP contribution is 2.12. The molecule has 2 rings (SSSR count). The fourth-order valence-electron chi connectivity index (χ4n) is 2.70. The first-order valence-corrected chi connectivity index (χ1v) is 8.58. The van der Waals surface area contributed by atoms with Crippen LogP contribution in [0.4, 0.5) is 4.79 Å². The van der Waals surface area contributed by atoms with Crippen LogP contribution in [0, 0.1) is 12.8 Å². The number of imidazole rings is 1. The molecule has 1 aromatic carbocycles. The summed E-state index contributed by atoms with van der Waals surface area (Å²) >= 11 is 0. The third kappa shape index (κ3) is 4.85. The summed E-state index contributed by atoms with van der Waals surface area (Å²) in [5, 5.41) is 2.89. The van der Waals surface area contributed by atoms with Crippen molar-refractivity contribution in [1.82, 2.24) is 19.8 Å². The fourth-order valence-corrected chi connectivity index (χ4v) is 2.70. The second kappa shape index (κ2) is 8.52. The zero-order chi connectivity index (χ0) is 17.5. The maximum absolute atomic E-state index is 12.3. The van der Waals surface area contributed by atoms with Crippen LogP contribution in [0.25, 0.3) is 0 Å². The van der Waals surface area contributed by atoms with Crippen molar-refractivity contribution in [3.63, 3.8) is 0 Å². The van der Waals surface area contributed by atoms with Gasteiger partial charge in [0.25, 0.3) is 0 Å². The van der Waals surface area contributed by atoms with Gasteiger partial charge >= 0.3 is 6.03 Å². The highest BCUT2D eigenvalue weighted by molar-refractivity contribution is 5.74. The molecule has 24 heavy (non-hydrogen) atoms. The van der Waals surface area contributed by atoms with Crippen molar-refractivity contribution < 1.29 is 4.79 Å². The van der Waals surface area contributed by atoms with Crippen molar-refractivity contribution in [2.45, 2.75) is 40.8 Å². The molecule has 0 spiro atoms. The molecule has 2 amide bonds. The molecule has 0 aliphatic rings. The molecule has 0 aliphatic heterocycles. The molecule has 0 saturated heterocycles. The fraction of sp³-hybridized carbons (Fsp3) is 0.474. The molecular weight excluding hydrogens is 300 g/mol. The highest BCUT2D eigenvalue weighted by Gasteiger charge is 2.17. The van der Waals surface area contributed by atoms with Gasteiger partial charge in [-0.05, 0) is 30.9 Å². The maximum atomic E-state index is 12.3. The van der Waals surface area contributed by atoms with Gasteiger partial charge in [0.05, 0.1) is 6.54 Å². The Morgan fingerprint density at radius 2 is 2.08 bits per heavy atom. The number of aromatic nitrogens is 2. The van der Waals surface area contributed by atoms with Gasteiger partial charge in [-0.3, -0.25) is 0 Å². The number of hydrogen-bond donors (Lipinski definition) is 1. The second-order valence-corrected chi connectivity index (χ2v) is 6.51. The lowest BCUT2D eigenvalue weighted by Gasteiger charge is -2.25. The van der Waals surface area contributed by atoms with Crippen LogP contribution in [0.15, 0.2) is 36.7 Å². The van der Waals surface area contributed by atoms with E-state index in [0.29, 0.717) is 25.6 Å². The molecule has 130 valence electrons. The first kappa shape index (κ1) is 18.0. The van der Waals surface area contributed by atoms with Gasteiger partial charge in [0.15, 0.2) is 0 Å². The van der Waals surface area contributed by atoms with Crippen LogP contribution in [0.2, 0.25) is 0 Å². The lowest BCUT2D eigenvalue weighted by molar-refractivity contribution is 0.186. The molecule has 1 aromatic heterocycles. The summed E-state index contributed by atoms with van der Waals surface area (Å²) < 4.78 is 2.12. The summed E-state index contributed by atoms with van der Waals surface area (Å²) in [5.41, 5.74) is 2.53. The smallest absolute Gasteiger partial charge is 0.317 e. The minimum atomic E-state index is -0.0309. The standard InChI is InChI=1S/C19H28N4O/c1-5-20-19(24)23(12-15(2)3)14-18-21-10-11-22(18)13-17-9-7-6-8-16(17)4/h6-11,15H,5,12-14H2,1-4H3,(H,20,24). The molecule has 0 radical (unpaired) electrons. The van der Waals surface area contributed by atoms with E-state index in [9.17, 15) is 4.79 Å². The lowest BCUT2D eigenvalue weighted by atomic mass is 10.1. The van der Waals surface area contributed by atoms with E-state index in [1.807, 2.05) is 24.1 Å². The summed E-state index contributed by atoms with van der Waals surface area (Å²) in [6.07, 6.45) is 3.78. The SMILES string of the molecule is CCNC(=O)N(Cc1nccn1Cc1ccccc1C)CC(C)C.